The Labute approximate surface area is 112 Å². The highest BCUT2D eigenvalue weighted by Crippen LogP contribution is 2.27. The van der Waals surface area contributed by atoms with Crippen molar-refractivity contribution >= 4 is 23.2 Å². The largest absolute Gasteiger partial charge is 0.298 e. The lowest BCUT2D eigenvalue weighted by molar-refractivity contribution is 0.192. The maximum atomic E-state index is 8.96. The summed E-state index contributed by atoms with van der Waals surface area (Å²) < 4.78 is 0. The number of hydrogen-bond acceptors (Lipinski definition) is 2. The number of benzene rings is 1. The SMILES string of the molecule is N#CC1CCCN(Cc2c(Cl)cccc2Cl)C1. The van der Waals surface area contributed by atoms with Crippen molar-refractivity contribution in [3.8, 4) is 6.07 Å². The predicted octanol–water partition coefficient (Wildman–Crippen LogP) is 3.73. The Kier molecular flexibility index (Phi) is 4.28. The molecule has 1 heterocycles. The van der Waals surface area contributed by atoms with Gasteiger partial charge >= 0.3 is 0 Å². The first kappa shape index (κ1) is 12.7. The van der Waals surface area contributed by atoms with Crippen molar-refractivity contribution in [2.45, 2.75) is 19.4 Å². The Bertz CT molecular complexity index is 419. The van der Waals surface area contributed by atoms with E-state index in [1.54, 1.807) is 0 Å². The van der Waals surface area contributed by atoms with E-state index < -0.39 is 0 Å². The number of halogens is 2. The van der Waals surface area contributed by atoms with E-state index in [4.69, 9.17) is 28.5 Å². The molecule has 1 aliphatic heterocycles. The van der Waals surface area contributed by atoms with Crippen LogP contribution in [0.5, 0.6) is 0 Å². The first-order chi connectivity index (χ1) is 8.20. The molecular formula is C13H14Cl2N2. The molecule has 90 valence electrons. The van der Waals surface area contributed by atoms with Crippen LogP contribution in [0.3, 0.4) is 0 Å². The van der Waals surface area contributed by atoms with Gasteiger partial charge in [-0.1, -0.05) is 29.3 Å². The van der Waals surface area contributed by atoms with Crippen molar-refractivity contribution in [2.24, 2.45) is 5.92 Å². The van der Waals surface area contributed by atoms with Gasteiger partial charge in [-0.15, -0.1) is 0 Å². The normalized spacial score (nSPS) is 21.1. The van der Waals surface area contributed by atoms with Crippen molar-refractivity contribution < 1.29 is 0 Å². The fourth-order valence-corrected chi connectivity index (χ4v) is 2.73. The lowest BCUT2D eigenvalue weighted by atomic mass is 9.99. The molecular weight excluding hydrogens is 255 g/mol. The van der Waals surface area contributed by atoms with E-state index >= 15 is 0 Å². The van der Waals surface area contributed by atoms with Gasteiger partial charge in [0.25, 0.3) is 0 Å². The van der Waals surface area contributed by atoms with E-state index in [1.807, 2.05) is 18.2 Å². The zero-order chi connectivity index (χ0) is 12.3. The summed E-state index contributed by atoms with van der Waals surface area (Å²) in [7, 11) is 0. The molecule has 0 radical (unpaired) electrons. The van der Waals surface area contributed by atoms with Gasteiger partial charge < -0.3 is 0 Å². The summed E-state index contributed by atoms with van der Waals surface area (Å²) in [4.78, 5) is 2.25. The van der Waals surface area contributed by atoms with Crippen LogP contribution in [-0.2, 0) is 6.54 Å². The molecule has 1 saturated heterocycles. The summed E-state index contributed by atoms with van der Waals surface area (Å²) in [6.07, 6.45) is 2.07. The Morgan fingerprint density at radius 3 is 2.71 bits per heavy atom. The molecule has 17 heavy (non-hydrogen) atoms. The van der Waals surface area contributed by atoms with E-state index in [0.717, 1.165) is 38.0 Å². The standard InChI is InChI=1S/C13H14Cl2N2/c14-12-4-1-5-13(15)11(12)9-17-6-2-3-10(7-16)8-17/h1,4-5,10H,2-3,6,8-9H2. The van der Waals surface area contributed by atoms with Crippen LogP contribution in [-0.4, -0.2) is 18.0 Å². The van der Waals surface area contributed by atoms with Crippen LogP contribution in [0.15, 0.2) is 18.2 Å². The van der Waals surface area contributed by atoms with Gasteiger partial charge in [0.05, 0.1) is 12.0 Å². The van der Waals surface area contributed by atoms with Crippen molar-refractivity contribution in [3.05, 3.63) is 33.8 Å². The highest BCUT2D eigenvalue weighted by Gasteiger charge is 2.20. The van der Waals surface area contributed by atoms with Gasteiger partial charge in [-0.2, -0.15) is 5.26 Å². The van der Waals surface area contributed by atoms with Crippen LogP contribution in [0, 0.1) is 17.2 Å². The average molecular weight is 269 g/mol. The Hall–Kier alpha value is -0.750. The molecule has 1 unspecified atom stereocenters. The molecule has 1 aromatic rings. The van der Waals surface area contributed by atoms with Gasteiger partial charge in [0.15, 0.2) is 0 Å². The molecule has 4 heteroatoms. The highest BCUT2D eigenvalue weighted by molar-refractivity contribution is 6.35. The van der Waals surface area contributed by atoms with Gasteiger partial charge in [0.1, 0.15) is 0 Å². The fraction of sp³-hybridized carbons (Fsp3) is 0.462. The third kappa shape index (κ3) is 3.13. The second kappa shape index (κ2) is 5.73. The summed E-state index contributed by atoms with van der Waals surface area (Å²) >= 11 is 12.3. The number of likely N-dealkylation sites (tertiary alicyclic amines) is 1. The molecule has 0 aliphatic carbocycles. The molecule has 0 spiro atoms. The van der Waals surface area contributed by atoms with Crippen molar-refractivity contribution in [1.82, 2.24) is 4.90 Å². The summed E-state index contributed by atoms with van der Waals surface area (Å²) in [5.41, 5.74) is 0.967. The lowest BCUT2D eigenvalue weighted by Crippen LogP contribution is -2.34. The van der Waals surface area contributed by atoms with Gasteiger partial charge in [0, 0.05) is 28.7 Å². The maximum absolute atomic E-state index is 8.96. The molecule has 1 aromatic carbocycles. The fourth-order valence-electron chi connectivity index (χ4n) is 2.21. The third-order valence-electron chi connectivity index (χ3n) is 3.13. The zero-order valence-corrected chi connectivity index (χ0v) is 11.0. The highest BCUT2D eigenvalue weighted by atomic mass is 35.5. The van der Waals surface area contributed by atoms with Crippen LogP contribution in [0.1, 0.15) is 18.4 Å². The van der Waals surface area contributed by atoms with Crippen molar-refractivity contribution in [1.29, 1.82) is 5.26 Å². The van der Waals surface area contributed by atoms with E-state index in [-0.39, 0.29) is 5.92 Å². The lowest BCUT2D eigenvalue weighted by Gasteiger charge is -2.29. The predicted molar refractivity (Wildman–Crippen MR) is 70.1 cm³/mol. The monoisotopic (exact) mass is 268 g/mol. The topological polar surface area (TPSA) is 27.0 Å². The van der Waals surface area contributed by atoms with E-state index in [1.165, 1.54) is 0 Å². The minimum atomic E-state index is 0.144. The number of rotatable bonds is 2. The van der Waals surface area contributed by atoms with Crippen LogP contribution in [0.2, 0.25) is 10.0 Å². The molecule has 0 N–H and O–H groups in total. The van der Waals surface area contributed by atoms with E-state index in [9.17, 15) is 0 Å². The maximum Gasteiger partial charge on any atom is 0.0669 e. The molecule has 0 saturated carbocycles. The molecule has 0 amide bonds. The smallest absolute Gasteiger partial charge is 0.0669 e. The molecule has 1 atom stereocenters. The minimum Gasteiger partial charge on any atom is -0.298 e. The van der Waals surface area contributed by atoms with Crippen LogP contribution >= 0.6 is 23.2 Å². The number of nitriles is 1. The summed E-state index contributed by atoms with van der Waals surface area (Å²) in [5.74, 6) is 0.144. The first-order valence-electron chi connectivity index (χ1n) is 5.75. The van der Waals surface area contributed by atoms with E-state index in [0.29, 0.717) is 10.0 Å². The molecule has 0 bridgehead atoms. The van der Waals surface area contributed by atoms with Gasteiger partial charge in [-0.25, -0.2) is 0 Å². The van der Waals surface area contributed by atoms with Crippen molar-refractivity contribution in [2.75, 3.05) is 13.1 Å². The van der Waals surface area contributed by atoms with Crippen molar-refractivity contribution in [3.63, 3.8) is 0 Å². The van der Waals surface area contributed by atoms with Crippen LogP contribution < -0.4 is 0 Å². The second-order valence-corrected chi connectivity index (χ2v) is 5.22. The summed E-state index contributed by atoms with van der Waals surface area (Å²) in [5, 5.41) is 10.4. The van der Waals surface area contributed by atoms with Crippen LogP contribution in [0.25, 0.3) is 0 Å². The average Bonchev–Trinajstić information content (AvgIpc) is 2.34. The number of nitrogens with zero attached hydrogens (tertiary/aromatic N) is 2. The second-order valence-electron chi connectivity index (χ2n) is 4.40. The summed E-state index contributed by atoms with van der Waals surface area (Å²) in [6, 6.07) is 7.90. The van der Waals surface area contributed by atoms with Gasteiger partial charge in [0.2, 0.25) is 0 Å². The van der Waals surface area contributed by atoms with Gasteiger partial charge in [-0.3, -0.25) is 4.90 Å². The minimum absolute atomic E-state index is 0.144. The molecule has 1 fully saturated rings. The molecule has 1 aliphatic rings. The molecule has 0 aromatic heterocycles. The number of hydrogen-bond donors (Lipinski definition) is 0. The Morgan fingerprint density at radius 2 is 2.06 bits per heavy atom. The molecule has 2 rings (SSSR count). The Balaban J connectivity index is 2.08. The first-order valence-corrected chi connectivity index (χ1v) is 6.51. The zero-order valence-electron chi connectivity index (χ0n) is 9.50. The Morgan fingerprint density at radius 1 is 1.35 bits per heavy atom. The van der Waals surface area contributed by atoms with Crippen LogP contribution in [0.4, 0.5) is 0 Å². The summed E-state index contributed by atoms with van der Waals surface area (Å²) in [6.45, 7) is 2.56. The molecule has 2 nitrogen and oxygen atoms in total. The number of piperidine rings is 1. The quantitative estimate of drug-likeness (QED) is 0.818. The van der Waals surface area contributed by atoms with Gasteiger partial charge in [-0.05, 0) is 31.5 Å². The third-order valence-corrected chi connectivity index (χ3v) is 3.84. The van der Waals surface area contributed by atoms with E-state index in [2.05, 4.69) is 11.0 Å².